The summed E-state index contributed by atoms with van der Waals surface area (Å²) in [4.78, 5) is 22.2. The van der Waals surface area contributed by atoms with Crippen LogP contribution >= 0.6 is 11.3 Å². The highest BCUT2D eigenvalue weighted by molar-refractivity contribution is 7.14. The number of methoxy groups -OCH3 is 1. The average molecular weight is 370 g/mol. The van der Waals surface area contributed by atoms with Crippen molar-refractivity contribution >= 4 is 28.7 Å². The van der Waals surface area contributed by atoms with E-state index >= 15 is 0 Å². The fourth-order valence-electron chi connectivity index (χ4n) is 2.28. The van der Waals surface area contributed by atoms with Crippen molar-refractivity contribution in [1.82, 2.24) is 10.2 Å². The largest absolute Gasteiger partial charge is 0.465 e. The molecule has 0 aliphatic rings. The predicted octanol–water partition coefficient (Wildman–Crippen LogP) is 3.51. The van der Waals surface area contributed by atoms with Crippen LogP contribution in [0, 0.1) is 10.1 Å². The van der Waals surface area contributed by atoms with Crippen molar-refractivity contribution in [2.45, 2.75) is 6.54 Å². The molecule has 132 valence electrons. The number of anilines is 1. The number of nitrogens with one attached hydrogen (secondary N) is 1. The summed E-state index contributed by atoms with van der Waals surface area (Å²) < 4.78 is 4.61. The molecule has 26 heavy (non-hydrogen) atoms. The SMILES string of the molecule is COC(=O)c1cc(NCc2nnc(-c3ccccc3)s2)ccc1[N+](=O)[O-]. The lowest BCUT2D eigenvalue weighted by Gasteiger charge is -2.06. The number of hydrogen-bond acceptors (Lipinski definition) is 8. The summed E-state index contributed by atoms with van der Waals surface area (Å²) in [6.45, 7) is 0.378. The second kappa shape index (κ2) is 7.70. The third-order valence-electron chi connectivity index (χ3n) is 3.53. The van der Waals surface area contributed by atoms with Crippen molar-refractivity contribution in [3.63, 3.8) is 0 Å². The molecule has 3 aromatic rings. The van der Waals surface area contributed by atoms with Crippen molar-refractivity contribution in [3.05, 3.63) is 69.2 Å². The lowest BCUT2D eigenvalue weighted by atomic mass is 10.1. The topological polar surface area (TPSA) is 107 Å². The molecule has 2 aromatic carbocycles. The van der Waals surface area contributed by atoms with Crippen LogP contribution in [0.15, 0.2) is 48.5 Å². The van der Waals surface area contributed by atoms with Gasteiger partial charge in [0.15, 0.2) is 0 Å². The van der Waals surface area contributed by atoms with Gasteiger partial charge in [0, 0.05) is 17.3 Å². The zero-order valence-electron chi connectivity index (χ0n) is 13.7. The number of nitro groups is 1. The molecule has 0 amide bonds. The third kappa shape index (κ3) is 3.83. The molecule has 0 unspecified atom stereocenters. The van der Waals surface area contributed by atoms with Crippen molar-refractivity contribution in [3.8, 4) is 10.6 Å². The molecular weight excluding hydrogens is 356 g/mol. The Morgan fingerprint density at radius 3 is 2.69 bits per heavy atom. The monoisotopic (exact) mass is 370 g/mol. The minimum Gasteiger partial charge on any atom is -0.465 e. The van der Waals surface area contributed by atoms with Gasteiger partial charge in [-0.2, -0.15) is 0 Å². The Hall–Kier alpha value is -3.33. The van der Waals surface area contributed by atoms with Gasteiger partial charge in [-0.05, 0) is 12.1 Å². The Morgan fingerprint density at radius 1 is 1.23 bits per heavy atom. The van der Waals surface area contributed by atoms with Crippen LogP contribution in [0.4, 0.5) is 11.4 Å². The highest BCUT2D eigenvalue weighted by Crippen LogP contribution is 2.26. The summed E-state index contributed by atoms with van der Waals surface area (Å²) in [5.41, 5.74) is 1.13. The lowest BCUT2D eigenvalue weighted by molar-refractivity contribution is -0.385. The van der Waals surface area contributed by atoms with Crippen LogP contribution in [0.3, 0.4) is 0 Å². The van der Waals surface area contributed by atoms with Crippen LogP contribution in [-0.2, 0) is 11.3 Å². The second-order valence-corrected chi connectivity index (χ2v) is 6.26. The normalized spacial score (nSPS) is 10.3. The maximum absolute atomic E-state index is 11.8. The summed E-state index contributed by atoms with van der Waals surface area (Å²) in [7, 11) is 1.18. The fraction of sp³-hybridized carbons (Fsp3) is 0.118. The highest BCUT2D eigenvalue weighted by Gasteiger charge is 2.21. The van der Waals surface area contributed by atoms with E-state index in [1.54, 1.807) is 0 Å². The maximum Gasteiger partial charge on any atom is 0.344 e. The molecule has 1 N–H and O–H groups in total. The summed E-state index contributed by atoms with van der Waals surface area (Å²) in [6.07, 6.45) is 0. The van der Waals surface area contributed by atoms with Crippen LogP contribution in [0.2, 0.25) is 0 Å². The van der Waals surface area contributed by atoms with Gasteiger partial charge < -0.3 is 10.1 Å². The van der Waals surface area contributed by atoms with Gasteiger partial charge in [0.05, 0.1) is 18.6 Å². The molecule has 0 atom stereocenters. The van der Waals surface area contributed by atoms with Crippen LogP contribution in [0.5, 0.6) is 0 Å². The molecule has 1 heterocycles. The first-order valence-electron chi connectivity index (χ1n) is 7.57. The Bertz CT molecular complexity index is 943. The number of carbonyl (C=O) groups excluding carboxylic acids is 1. The number of benzene rings is 2. The summed E-state index contributed by atoms with van der Waals surface area (Å²) in [6, 6.07) is 13.9. The molecule has 0 radical (unpaired) electrons. The van der Waals surface area contributed by atoms with E-state index in [2.05, 4.69) is 20.3 Å². The second-order valence-electron chi connectivity index (χ2n) is 5.20. The van der Waals surface area contributed by atoms with Crippen molar-refractivity contribution in [2.75, 3.05) is 12.4 Å². The van der Waals surface area contributed by atoms with Gasteiger partial charge in [0.2, 0.25) is 0 Å². The number of carbonyl (C=O) groups is 1. The molecule has 0 fully saturated rings. The zero-order chi connectivity index (χ0) is 18.5. The molecule has 1 aromatic heterocycles. The average Bonchev–Trinajstić information content (AvgIpc) is 3.15. The number of ether oxygens (including phenoxy) is 1. The molecule has 0 saturated heterocycles. The van der Waals surface area contributed by atoms with E-state index in [0.717, 1.165) is 15.6 Å². The Morgan fingerprint density at radius 2 is 2.00 bits per heavy atom. The fourth-order valence-corrected chi connectivity index (χ4v) is 3.06. The van der Waals surface area contributed by atoms with Gasteiger partial charge in [-0.15, -0.1) is 10.2 Å². The molecule has 3 rings (SSSR count). The first kappa shape index (κ1) is 17.5. The van der Waals surface area contributed by atoms with Crippen LogP contribution < -0.4 is 5.32 Å². The summed E-state index contributed by atoms with van der Waals surface area (Å²) in [5.74, 6) is -0.761. The first-order valence-corrected chi connectivity index (χ1v) is 8.38. The van der Waals surface area contributed by atoms with E-state index in [-0.39, 0.29) is 11.3 Å². The predicted molar refractivity (Wildman–Crippen MR) is 97.1 cm³/mol. The lowest BCUT2D eigenvalue weighted by Crippen LogP contribution is -2.07. The van der Waals surface area contributed by atoms with Crippen molar-refractivity contribution in [1.29, 1.82) is 0 Å². The van der Waals surface area contributed by atoms with Crippen LogP contribution in [0.1, 0.15) is 15.4 Å². The Labute approximate surface area is 152 Å². The third-order valence-corrected chi connectivity index (χ3v) is 4.50. The summed E-state index contributed by atoms with van der Waals surface area (Å²) >= 11 is 1.44. The van der Waals surface area contributed by atoms with Gasteiger partial charge >= 0.3 is 5.97 Å². The highest BCUT2D eigenvalue weighted by atomic mass is 32.1. The van der Waals surface area contributed by atoms with Gasteiger partial charge in [0.1, 0.15) is 15.6 Å². The quantitative estimate of drug-likeness (QED) is 0.402. The van der Waals surface area contributed by atoms with Crippen molar-refractivity contribution < 1.29 is 14.5 Å². The number of nitro benzene ring substituents is 1. The molecule has 9 heteroatoms. The van der Waals surface area contributed by atoms with E-state index in [1.807, 2.05) is 30.3 Å². The van der Waals surface area contributed by atoms with E-state index in [4.69, 9.17) is 0 Å². The molecule has 0 spiro atoms. The van der Waals surface area contributed by atoms with Gasteiger partial charge in [0.25, 0.3) is 5.69 Å². The van der Waals surface area contributed by atoms with Crippen LogP contribution in [0.25, 0.3) is 10.6 Å². The van der Waals surface area contributed by atoms with Crippen molar-refractivity contribution in [2.24, 2.45) is 0 Å². The number of hydrogen-bond donors (Lipinski definition) is 1. The zero-order valence-corrected chi connectivity index (χ0v) is 14.5. The molecule has 0 aliphatic heterocycles. The molecular formula is C17H14N4O4S. The maximum atomic E-state index is 11.8. The molecule has 8 nitrogen and oxygen atoms in total. The van der Waals surface area contributed by atoms with Gasteiger partial charge in [-0.3, -0.25) is 10.1 Å². The summed E-state index contributed by atoms with van der Waals surface area (Å²) in [5, 5.41) is 24.0. The number of aromatic nitrogens is 2. The Kier molecular flexibility index (Phi) is 5.18. The molecule has 0 bridgehead atoms. The van der Waals surface area contributed by atoms with E-state index < -0.39 is 10.9 Å². The minimum atomic E-state index is -0.761. The number of esters is 1. The number of nitrogens with zero attached hydrogens (tertiary/aromatic N) is 3. The van der Waals surface area contributed by atoms with E-state index in [0.29, 0.717) is 12.2 Å². The Balaban J connectivity index is 1.75. The van der Waals surface area contributed by atoms with Crippen LogP contribution in [-0.4, -0.2) is 28.2 Å². The molecule has 0 aliphatic carbocycles. The van der Waals surface area contributed by atoms with E-state index in [9.17, 15) is 14.9 Å². The number of rotatable bonds is 6. The first-order chi connectivity index (χ1) is 12.6. The van der Waals surface area contributed by atoms with Gasteiger partial charge in [-0.25, -0.2) is 4.79 Å². The van der Waals surface area contributed by atoms with E-state index in [1.165, 1.54) is 36.6 Å². The van der Waals surface area contributed by atoms with Gasteiger partial charge in [-0.1, -0.05) is 41.7 Å². The smallest absolute Gasteiger partial charge is 0.344 e. The standard InChI is InChI=1S/C17H14N4O4S/c1-25-17(22)13-9-12(7-8-14(13)21(23)24)18-10-15-19-20-16(26-15)11-5-3-2-4-6-11/h2-9,18H,10H2,1H3. The molecule has 0 saturated carbocycles. The minimum absolute atomic E-state index is 0.107.